The number of aromatic nitrogens is 2. The van der Waals surface area contributed by atoms with Gasteiger partial charge in [0.15, 0.2) is 0 Å². The van der Waals surface area contributed by atoms with E-state index in [1.54, 1.807) is 21.1 Å². The van der Waals surface area contributed by atoms with Gasteiger partial charge < -0.3 is 14.8 Å². The van der Waals surface area contributed by atoms with E-state index in [4.69, 9.17) is 9.47 Å². The minimum Gasteiger partial charge on any atom is -0.473 e. The molecular weight excluding hydrogens is 240 g/mol. The normalized spacial score (nSPS) is 10.2. The Kier molecular flexibility index (Phi) is 5.25. The summed E-state index contributed by atoms with van der Waals surface area (Å²) in [6, 6.07) is 0. The van der Waals surface area contributed by atoms with Gasteiger partial charge in [0, 0.05) is 27.2 Å². The molecule has 0 amide bonds. The van der Waals surface area contributed by atoms with E-state index in [1.807, 2.05) is 0 Å². The molecule has 1 aromatic rings. The summed E-state index contributed by atoms with van der Waals surface area (Å²) in [4.78, 5) is 18.3. The fourth-order valence-corrected chi connectivity index (χ4v) is 1.34. The van der Waals surface area contributed by atoms with Crippen LogP contribution in [-0.4, -0.2) is 42.3 Å². The molecular formula is C10H16N4O4. The third kappa shape index (κ3) is 3.52. The largest absolute Gasteiger partial charge is 0.473 e. The van der Waals surface area contributed by atoms with Crippen molar-refractivity contribution in [3.05, 3.63) is 15.8 Å². The Morgan fingerprint density at radius 3 is 2.67 bits per heavy atom. The highest BCUT2D eigenvalue weighted by Crippen LogP contribution is 2.28. The van der Waals surface area contributed by atoms with Crippen LogP contribution in [0.2, 0.25) is 0 Å². The van der Waals surface area contributed by atoms with Gasteiger partial charge in [0.05, 0.1) is 11.5 Å². The number of nitrogens with one attached hydrogen (secondary N) is 1. The van der Waals surface area contributed by atoms with Gasteiger partial charge in [-0.1, -0.05) is 0 Å². The van der Waals surface area contributed by atoms with Crippen molar-refractivity contribution in [2.75, 3.05) is 32.7 Å². The predicted octanol–water partition coefficient (Wildman–Crippen LogP) is 1.15. The van der Waals surface area contributed by atoms with Gasteiger partial charge in [-0.25, -0.2) is 4.98 Å². The number of methoxy groups -OCH3 is 1. The monoisotopic (exact) mass is 256 g/mol. The van der Waals surface area contributed by atoms with E-state index in [2.05, 4.69) is 15.3 Å². The average Bonchev–Trinajstić information content (AvgIpc) is 2.33. The number of nitro groups is 1. The summed E-state index contributed by atoms with van der Waals surface area (Å²) < 4.78 is 10.2. The third-order valence-electron chi connectivity index (χ3n) is 2.16. The minimum atomic E-state index is -0.541. The van der Waals surface area contributed by atoms with Crippen molar-refractivity contribution in [1.82, 2.24) is 9.97 Å². The maximum absolute atomic E-state index is 10.9. The first-order valence-electron chi connectivity index (χ1n) is 5.42. The van der Waals surface area contributed by atoms with Crippen LogP contribution in [0.3, 0.4) is 0 Å². The molecule has 100 valence electrons. The van der Waals surface area contributed by atoms with Gasteiger partial charge in [-0.05, 0) is 6.92 Å². The Hall–Kier alpha value is -1.96. The van der Waals surface area contributed by atoms with Gasteiger partial charge >= 0.3 is 5.69 Å². The lowest BCUT2D eigenvalue weighted by molar-refractivity contribution is -0.387. The fraction of sp³-hybridized carbons (Fsp3) is 0.600. The number of anilines is 1. The lowest BCUT2D eigenvalue weighted by atomic mass is 10.3. The summed E-state index contributed by atoms with van der Waals surface area (Å²) in [7, 11) is 3.21. The second-order valence-electron chi connectivity index (χ2n) is 3.49. The van der Waals surface area contributed by atoms with Gasteiger partial charge in [0.2, 0.25) is 5.95 Å². The van der Waals surface area contributed by atoms with E-state index in [-0.39, 0.29) is 17.3 Å². The number of hydrogen-bond acceptors (Lipinski definition) is 7. The standard InChI is InChI=1S/C10H16N4O4/c1-7-8(14(15)16)9(13-10(11-2)12-7)18-6-4-5-17-3/h4-6H2,1-3H3,(H,11,12,13). The van der Waals surface area contributed by atoms with E-state index in [9.17, 15) is 10.1 Å². The van der Waals surface area contributed by atoms with Crippen molar-refractivity contribution in [1.29, 1.82) is 0 Å². The molecule has 18 heavy (non-hydrogen) atoms. The Morgan fingerprint density at radius 2 is 2.11 bits per heavy atom. The molecule has 0 aliphatic rings. The average molecular weight is 256 g/mol. The van der Waals surface area contributed by atoms with Crippen LogP contribution >= 0.6 is 0 Å². The molecule has 0 spiro atoms. The van der Waals surface area contributed by atoms with Crippen LogP contribution in [0.25, 0.3) is 0 Å². The molecule has 0 radical (unpaired) electrons. The quantitative estimate of drug-likeness (QED) is 0.443. The fourth-order valence-electron chi connectivity index (χ4n) is 1.34. The lowest BCUT2D eigenvalue weighted by Gasteiger charge is -2.08. The maximum atomic E-state index is 10.9. The first kappa shape index (κ1) is 14.1. The molecule has 0 aromatic carbocycles. The van der Waals surface area contributed by atoms with Crippen molar-refractivity contribution >= 4 is 11.6 Å². The number of ether oxygens (including phenoxy) is 2. The van der Waals surface area contributed by atoms with E-state index in [1.165, 1.54) is 0 Å². The molecule has 8 nitrogen and oxygen atoms in total. The van der Waals surface area contributed by atoms with Gasteiger partial charge in [0.25, 0.3) is 5.88 Å². The molecule has 1 aromatic heterocycles. The molecule has 0 bridgehead atoms. The molecule has 0 saturated heterocycles. The van der Waals surface area contributed by atoms with Crippen LogP contribution < -0.4 is 10.1 Å². The van der Waals surface area contributed by atoms with Gasteiger partial charge in [-0.3, -0.25) is 10.1 Å². The predicted molar refractivity (Wildman–Crippen MR) is 65.0 cm³/mol. The summed E-state index contributed by atoms with van der Waals surface area (Å²) >= 11 is 0. The first-order valence-corrected chi connectivity index (χ1v) is 5.42. The van der Waals surface area contributed by atoms with Crippen LogP contribution in [0.1, 0.15) is 12.1 Å². The Labute approximate surface area is 104 Å². The van der Waals surface area contributed by atoms with Crippen molar-refractivity contribution in [3.63, 3.8) is 0 Å². The highest BCUT2D eigenvalue weighted by atomic mass is 16.6. The van der Waals surface area contributed by atoms with Gasteiger partial charge in [-0.2, -0.15) is 4.98 Å². The molecule has 1 rings (SSSR count). The zero-order valence-corrected chi connectivity index (χ0v) is 10.6. The smallest absolute Gasteiger partial charge is 0.352 e. The van der Waals surface area contributed by atoms with Crippen LogP contribution in [0.5, 0.6) is 5.88 Å². The highest BCUT2D eigenvalue weighted by Gasteiger charge is 2.23. The number of hydrogen-bond donors (Lipinski definition) is 1. The van der Waals surface area contributed by atoms with Gasteiger partial charge in [-0.15, -0.1) is 0 Å². The molecule has 1 heterocycles. The van der Waals surface area contributed by atoms with Crippen LogP contribution in [0.15, 0.2) is 0 Å². The number of rotatable bonds is 7. The molecule has 0 fully saturated rings. The lowest BCUT2D eigenvalue weighted by Crippen LogP contribution is -2.09. The van der Waals surface area contributed by atoms with Crippen LogP contribution in [0, 0.1) is 17.0 Å². The topological polar surface area (TPSA) is 99.4 Å². The summed E-state index contributed by atoms with van der Waals surface area (Å²) in [6.45, 7) is 2.37. The summed E-state index contributed by atoms with van der Waals surface area (Å²) in [5.41, 5.74) is 0.0625. The van der Waals surface area contributed by atoms with Gasteiger partial charge in [0.1, 0.15) is 5.69 Å². The molecule has 0 unspecified atom stereocenters. The molecule has 1 N–H and O–H groups in total. The SMILES string of the molecule is CNc1nc(C)c([N+](=O)[O-])c(OCCCOC)n1. The summed E-state index contributed by atoms with van der Waals surface area (Å²) in [6.07, 6.45) is 0.631. The van der Waals surface area contributed by atoms with Crippen LogP contribution in [-0.2, 0) is 4.74 Å². The highest BCUT2D eigenvalue weighted by molar-refractivity contribution is 5.48. The molecule has 0 saturated carbocycles. The van der Waals surface area contributed by atoms with Crippen molar-refractivity contribution in [2.24, 2.45) is 0 Å². The van der Waals surface area contributed by atoms with E-state index in [0.717, 1.165) is 0 Å². The maximum Gasteiger partial charge on any atom is 0.352 e. The molecule has 0 aliphatic heterocycles. The third-order valence-corrected chi connectivity index (χ3v) is 2.16. The second kappa shape index (κ2) is 6.70. The molecule has 8 heteroatoms. The Morgan fingerprint density at radius 1 is 1.39 bits per heavy atom. The van der Waals surface area contributed by atoms with E-state index < -0.39 is 4.92 Å². The first-order chi connectivity index (χ1) is 8.60. The minimum absolute atomic E-state index is 0.0204. The number of nitrogens with zero attached hydrogens (tertiary/aromatic N) is 3. The zero-order chi connectivity index (χ0) is 13.5. The van der Waals surface area contributed by atoms with Crippen molar-refractivity contribution < 1.29 is 14.4 Å². The van der Waals surface area contributed by atoms with E-state index >= 15 is 0 Å². The van der Waals surface area contributed by atoms with Crippen molar-refractivity contribution in [3.8, 4) is 5.88 Å². The van der Waals surface area contributed by atoms with Crippen molar-refractivity contribution in [2.45, 2.75) is 13.3 Å². The summed E-state index contributed by atoms with van der Waals surface area (Å²) in [5.74, 6) is 0.271. The Balaban J connectivity index is 2.91. The molecule has 0 atom stereocenters. The zero-order valence-electron chi connectivity index (χ0n) is 10.6. The van der Waals surface area contributed by atoms with Crippen LogP contribution in [0.4, 0.5) is 11.6 Å². The number of aryl methyl sites for hydroxylation is 1. The Bertz CT molecular complexity index is 425. The summed E-state index contributed by atoms with van der Waals surface area (Å²) in [5, 5.41) is 13.7. The second-order valence-corrected chi connectivity index (χ2v) is 3.49. The van der Waals surface area contributed by atoms with E-state index in [0.29, 0.717) is 25.6 Å². The molecule has 0 aliphatic carbocycles.